The van der Waals surface area contributed by atoms with Gasteiger partial charge in [0.25, 0.3) is 0 Å². The molecule has 2 aromatic rings. The summed E-state index contributed by atoms with van der Waals surface area (Å²) >= 11 is 0. The first-order valence-electron chi connectivity index (χ1n) is 8.40. The van der Waals surface area contributed by atoms with Gasteiger partial charge in [0.2, 0.25) is 0 Å². The highest BCUT2D eigenvalue weighted by Gasteiger charge is 2.19. The van der Waals surface area contributed by atoms with Crippen molar-refractivity contribution in [2.75, 3.05) is 37.7 Å². The van der Waals surface area contributed by atoms with Gasteiger partial charge in [0.1, 0.15) is 17.6 Å². The first kappa shape index (κ1) is 15.0. The second-order valence-corrected chi connectivity index (χ2v) is 6.32. The molecule has 0 bridgehead atoms. The van der Waals surface area contributed by atoms with Crippen LogP contribution in [-0.4, -0.2) is 42.7 Å². The van der Waals surface area contributed by atoms with Gasteiger partial charge in [-0.3, -0.25) is 4.90 Å². The van der Waals surface area contributed by atoms with Crippen LogP contribution in [-0.2, 0) is 13.0 Å². The van der Waals surface area contributed by atoms with Crippen molar-refractivity contribution in [3.63, 3.8) is 0 Å². The van der Waals surface area contributed by atoms with Crippen LogP contribution in [0.15, 0.2) is 36.5 Å². The molecule has 0 unspecified atom stereocenters. The van der Waals surface area contributed by atoms with Crippen LogP contribution >= 0.6 is 0 Å². The smallest absolute Gasteiger partial charge is 0.128 e. The molecule has 0 radical (unpaired) electrons. The fraction of sp³-hybridized carbons (Fsp3) is 0.368. The average Bonchev–Trinajstić information content (AvgIpc) is 3.10. The molecular weight excluding hydrogens is 300 g/mol. The quantitative estimate of drug-likeness (QED) is 0.868. The molecule has 1 fully saturated rings. The third-order valence-corrected chi connectivity index (χ3v) is 4.73. The molecule has 0 N–H and O–H groups in total. The molecule has 2 aliphatic heterocycles. The minimum absolute atomic E-state index is 0.609. The standard InChI is InChI=1S/C19H20N4O/c20-12-16-2-4-19(21-13-16)23-8-6-22(7-9-23)14-15-1-3-18-17(11-15)5-10-24-18/h1-4,11,13H,5-10,14H2. The third kappa shape index (κ3) is 3.06. The number of nitrogens with zero attached hydrogens (tertiary/aromatic N) is 4. The minimum atomic E-state index is 0.609. The Morgan fingerprint density at radius 3 is 2.75 bits per heavy atom. The number of rotatable bonds is 3. The van der Waals surface area contributed by atoms with Gasteiger partial charge in [-0.1, -0.05) is 12.1 Å². The van der Waals surface area contributed by atoms with E-state index in [2.05, 4.69) is 39.1 Å². The van der Waals surface area contributed by atoms with Crippen LogP contribution in [0.4, 0.5) is 5.82 Å². The number of hydrogen-bond acceptors (Lipinski definition) is 5. The maximum Gasteiger partial charge on any atom is 0.128 e. The predicted octanol–water partition coefficient (Wildman–Crippen LogP) is 2.21. The van der Waals surface area contributed by atoms with E-state index in [0.29, 0.717) is 5.56 Å². The van der Waals surface area contributed by atoms with Crippen molar-refractivity contribution in [3.8, 4) is 11.8 Å². The lowest BCUT2D eigenvalue weighted by atomic mass is 10.1. The summed E-state index contributed by atoms with van der Waals surface area (Å²) in [7, 11) is 0. The van der Waals surface area contributed by atoms with Crippen molar-refractivity contribution in [2.24, 2.45) is 0 Å². The molecule has 5 heteroatoms. The first-order valence-corrected chi connectivity index (χ1v) is 8.40. The van der Waals surface area contributed by atoms with E-state index in [1.165, 1.54) is 11.1 Å². The van der Waals surface area contributed by atoms with Gasteiger partial charge < -0.3 is 9.64 Å². The highest BCUT2D eigenvalue weighted by atomic mass is 16.5. The summed E-state index contributed by atoms with van der Waals surface area (Å²) in [5.41, 5.74) is 3.31. The molecule has 4 rings (SSSR count). The van der Waals surface area contributed by atoms with Crippen LogP contribution in [0.1, 0.15) is 16.7 Å². The second-order valence-electron chi connectivity index (χ2n) is 6.32. The zero-order chi connectivity index (χ0) is 16.4. The monoisotopic (exact) mass is 320 g/mol. The zero-order valence-electron chi connectivity index (χ0n) is 13.6. The first-order chi connectivity index (χ1) is 11.8. The molecule has 122 valence electrons. The summed E-state index contributed by atoms with van der Waals surface area (Å²) in [5.74, 6) is 2.01. The van der Waals surface area contributed by atoms with Gasteiger partial charge in [-0.15, -0.1) is 0 Å². The lowest BCUT2D eigenvalue weighted by Crippen LogP contribution is -2.46. The van der Waals surface area contributed by atoms with E-state index in [4.69, 9.17) is 10.00 Å². The maximum atomic E-state index is 8.85. The van der Waals surface area contributed by atoms with E-state index in [9.17, 15) is 0 Å². The molecule has 1 aromatic carbocycles. The van der Waals surface area contributed by atoms with E-state index in [0.717, 1.165) is 57.3 Å². The fourth-order valence-corrected chi connectivity index (χ4v) is 3.37. The van der Waals surface area contributed by atoms with Crippen molar-refractivity contribution >= 4 is 5.82 Å². The Hall–Kier alpha value is -2.58. The molecule has 0 saturated carbocycles. The minimum Gasteiger partial charge on any atom is -0.493 e. The fourth-order valence-electron chi connectivity index (χ4n) is 3.37. The van der Waals surface area contributed by atoms with E-state index < -0.39 is 0 Å². The molecule has 0 spiro atoms. The lowest BCUT2D eigenvalue weighted by Gasteiger charge is -2.35. The topological polar surface area (TPSA) is 52.4 Å². The van der Waals surface area contributed by atoms with Crippen molar-refractivity contribution in [1.82, 2.24) is 9.88 Å². The van der Waals surface area contributed by atoms with Crippen LogP contribution < -0.4 is 9.64 Å². The Balaban J connectivity index is 1.35. The largest absolute Gasteiger partial charge is 0.493 e. The van der Waals surface area contributed by atoms with Gasteiger partial charge in [-0.25, -0.2) is 4.98 Å². The molecule has 24 heavy (non-hydrogen) atoms. The van der Waals surface area contributed by atoms with E-state index in [1.807, 2.05) is 12.1 Å². The Bertz CT molecular complexity index is 758. The Morgan fingerprint density at radius 1 is 1.12 bits per heavy atom. The van der Waals surface area contributed by atoms with Crippen LogP contribution in [0.3, 0.4) is 0 Å². The average molecular weight is 320 g/mol. The predicted molar refractivity (Wildman–Crippen MR) is 92.1 cm³/mol. The number of pyridine rings is 1. The van der Waals surface area contributed by atoms with E-state index in [-0.39, 0.29) is 0 Å². The van der Waals surface area contributed by atoms with Gasteiger partial charge in [-0.2, -0.15) is 5.26 Å². The number of hydrogen-bond donors (Lipinski definition) is 0. The number of anilines is 1. The van der Waals surface area contributed by atoms with Crippen molar-refractivity contribution in [2.45, 2.75) is 13.0 Å². The van der Waals surface area contributed by atoms with Gasteiger partial charge in [0, 0.05) is 45.3 Å². The molecule has 2 aliphatic rings. The summed E-state index contributed by atoms with van der Waals surface area (Å²) in [6.07, 6.45) is 2.68. The molecule has 5 nitrogen and oxygen atoms in total. The Labute approximate surface area is 142 Å². The molecule has 1 saturated heterocycles. The van der Waals surface area contributed by atoms with Gasteiger partial charge in [0.05, 0.1) is 12.2 Å². The normalized spacial score (nSPS) is 17.2. The van der Waals surface area contributed by atoms with Crippen LogP contribution in [0.25, 0.3) is 0 Å². The number of ether oxygens (including phenoxy) is 1. The highest BCUT2D eigenvalue weighted by molar-refractivity contribution is 5.42. The highest BCUT2D eigenvalue weighted by Crippen LogP contribution is 2.26. The van der Waals surface area contributed by atoms with Crippen molar-refractivity contribution in [3.05, 3.63) is 53.2 Å². The van der Waals surface area contributed by atoms with E-state index >= 15 is 0 Å². The van der Waals surface area contributed by atoms with Crippen LogP contribution in [0, 0.1) is 11.3 Å². The summed E-state index contributed by atoms with van der Waals surface area (Å²) < 4.78 is 5.58. The van der Waals surface area contributed by atoms with E-state index in [1.54, 1.807) is 6.20 Å². The second kappa shape index (κ2) is 6.50. The number of piperazine rings is 1. The van der Waals surface area contributed by atoms with Gasteiger partial charge in [0.15, 0.2) is 0 Å². The molecule has 3 heterocycles. The number of aromatic nitrogens is 1. The lowest BCUT2D eigenvalue weighted by molar-refractivity contribution is 0.249. The SMILES string of the molecule is N#Cc1ccc(N2CCN(Cc3ccc4c(c3)CCO4)CC2)nc1. The van der Waals surface area contributed by atoms with Gasteiger partial charge in [-0.05, 0) is 29.3 Å². The molecule has 0 amide bonds. The maximum absolute atomic E-state index is 8.85. The molecule has 0 atom stereocenters. The molecule has 0 aliphatic carbocycles. The summed E-state index contributed by atoms with van der Waals surface area (Å²) in [6.45, 7) is 5.78. The molecule has 1 aromatic heterocycles. The van der Waals surface area contributed by atoms with Crippen LogP contribution in [0.2, 0.25) is 0 Å². The van der Waals surface area contributed by atoms with Gasteiger partial charge >= 0.3 is 0 Å². The Morgan fingerprint density at radius 2 is 2.00 bits per heavy atom. The van der Waals surface area contributed by atoms with Crippen molar-refractivity contribution in [1.29, 1.82) is 5.26 Å². The summed E-state index contributed by atoms with van der Waals surface area (Å²) in [5, 5.41) is 8.85. The van der Waals surface area contributed by atoms with Crippen molar-refractivity contribution < 1.29 is 4.74 Å². The Kier molecular flexibility index (Phi) is 4.06. The number of benzene rings is 1. The summed E-state index contributed by atoms with van der Waals surface area (Å²) in [6, 6.07) is 12.5. The third-order valence-electron chi connectivity index (χ3n) is 4.73. The molecular formula is C19H20N4O. The van der Waals surface area contributed by atoms with Crippen LogP contribution in [0.5, 0.6) is 5.75 Å². The zero-order valence-corrected chi connectivity index (χ0v) is 13.6. The summed E-state index contributed by atoms with van der Waals surface area (Å²) in [4.78, 5) is 9.16. The number of nitriles is 1. The number of fused-ring (bicyclic) bond motifs is 1.